The molecule has 0 saturated carbocycles. The fraction of sp³-hybridized carbons (Fsp3) is 0.733. The van der Waals surface area contributed by atoms with E-state index in [4.69, 9.17) is 4.74 Å². The average molecular weight is 239 g/mol. The van der Waals surface area contributed by atoms with Crippen LogP contribution in [-0.2, 0) is 4.74 Å². The first-order valence-electron chi connectivity index (χ1n) is 6.99. The van der Waals surface area contributed by atoms with E-state index in [0.29, 0.717) is 0 Å². The highest BCUT2D eigenvalue weighted by Gasteiger charge is 2.05. The van der Waals surface area contributed by atoms with Crippen LogP contribution in [-0.4, -0.2) is 31.1 Å². The predicted molar refractivity (Wildman–Crippen MR) is 76.2 cm³/mol. The molecular weight excluding hydrogens is 210 g/mol. The second-order valence-electron chi connectivity index (χ2n) is 3.96. The summed E-state index contributed by atoms with van der Waals surface area (Å²) in [5.74, 6) is 1.09. The number of rotatable bonds is 6. The molecule has 0 aromatic rings. The van der Waals surface area contributed by atoms with Gasteiger partial charge in [0.15, 0.2) is 0 Å². The fourth-order valence-electron chi connectivity index (χ4n) is 1.75. The van der Waals surface area contributed by atoms with Crippen LogP contribution in [0.2, 0.25) is 0 Å². The molecule has 0 aromatic carbocycles. The minimum absolute atomic E-state index is 0.804. The number of allylic oxidation sites excluding steroid dienone is 3. The molecular formula is C15H29NO. The van der Waals surface area contributed by atoms with Crippen molar-refractivity contribution in [1.82, 2.24) is 4.90 Å². The molecule has 0 atom stereocenters. The Morgan fingerprint density at radius 2 is 1.88 bits per heavy atom. The van der Waals surface area contributed by atoms with Crippen LogP contribution in [0.3, 0.4) is 0 Å². The Morgan fingerprint density at radius 3 is 2.41 bits per heavy atom. The monoisotopic (exact) mass is 239 g/mol. The zero-order chi connectivity index (χ0) is 13.1. The van der Waals surface area contributed by atoms with Gasteiger partial charge in [-0.3, -0.25) is 0 Å². The van der Waals surface area contributed by atoms with Crippen molar-refractivity contribution in [1.29, 1.82) is 0 Å². The molecule has 0 N–H and O–H groups in total. The molecule has 0 radical (unpaired) electrons. The summed E-state index contributed by atoms with van der Waals surface area (Å²) < 4.78 is 5.78. The van der Waals surface area contributed by atoms with Crippen LogP contribution >= 0.6 is 0 Å². The van der Waals surface area contributed by atoms with Crippen LogP contribution in [0, 0.1) is 0 Å². The zero-order valence-electron chi connectivity index (χ0n) is 12.3. The van der Waals surface area contributed by atoms with E-state index in [1.54, 1.807) is 0 Å². The third-order valence-corrected chi connectivity index (χ3v) is 2.94. The molecule has 2 nitrogen and oxygen atoms in total. The lowest BCUT2D eigenvalue weighted by Crippen LogP contribution is -2.27. The van der Waals surface area contributed by atoms with E-state index >= 15 is 0 Å². The molecule has 0 aromatic heterocycles. The van der Waals surface area contributed by atoms with Gasteiger partial charge in [0.1, 0.15) is 12.4 Å². The molecule has 100 valence electrons. The molecule has 0 spiro atoms. The first-order valence-corrected chi connectivity index (χ1v) is 6.99. The highest BCUT2D eigenvalue weighted by Crippen LogP contribution is 2.18. The van der Waals surface area contributed by atoms with Crippen LogP contribution in [0.1, 0.15) is 47.5 Å². The lowest BCUT2D eigenvalue weighted by molar-refractivity contribution is 0.168. The molecule has 0 unspecified atom stereocenters. The number of hydrogen-bond acceptors (Lipinski definition) is 2. The summed E-state index contributed by atoms with van der Waals surface area (Å²) in [7, 11) is 0. The van der Waals surface area contributed by atoms with Crippen molar-refractivity contribution in [3.63, 3.8) is 0 Å². The van der Waals surface area contributed by atoms with Crippen molar-refractivity contribution in [3.8, 4) is 0 Å². The molecule has 0 saturated heterocycles. The first-order chi connectivity index (χ1) is 8.27. The van der Waals surface area contributed by atoms with Gasteiger partial charge in [0.25, 0.3) is 0 Å². The van der Waals surface area contributed by atoms with Gasteiger partial charge in [-0.2, -0.15) is 0 Å². The average Bonchev–Trinajstić information content (AvgIpc) is 2.39. The Labute approximate surface area is 107 Å². The fourth-order valence-corrected chi connectivity index (χ4v) is 1.75. The second kappa shape index (κ2) is 10.4. The minimum atomic E-state index is 0.804. The van der Waals surface area contributed by atoms with Crippen LogP contribution in [0.5, 0.6) is 0 Å². The summed E-state index contributed by atoms with van der Waals surface area (Å²) in [6.07, 6.45) is 6.62. The molecule has 1 aliphatic carbocycles. The van der Waals surface area contributed by atoms with Gasteiger partial charge in [0.05, 0.1) is 0 Å². The van der Waals surface area contributed by atoms with Crippen LogP contribution < -0.4 is 0 Å². The summed E-state index contributed by atoms with van der Waals surface area (Å²) >= 11 is 0. The largest absolute Gasteiger partial charge is 0.492 e. The maximum Gasteiger partial charge on any atom is 0.117 e. The molecule has 2 heteroatoms. The first kappa shape index (κ1) is 16.2. The van der Waals surface area contributed by atoms with Gasteiger partial charge in [-0.05, 0) is 44.5 Å². The van der Waals surface area contributed by atoms with Crippen molar-refractivity contribution >= 4 is 0 Å². The van der Waals surface area contributed by atoms with Gasteiger partial charge in [0.2, 0.25) is 0 Å². The van der Waals surface area contributed by atoms with Gasteiger partial charge >= 0.3 is 0 Å². The summed E-state index contributed by atoms with van der Waals surface area (Å²) in [5.41, 5.74) is 1.39. The van der Waals surface area contributed by atoms with E-state index in [2.05, 4.69) is 37.8 Å². The van der Waals surface area contributed by atoms with Gasteiger partial charge < -0.3 is 9.64 Å². The molecule has 1 rings (SSSR count). The maximum absolute atomic E-state index is 5.78. The van der Waals surface area contributed by atoms with E-state index in [-0.39, 0.29) is 0 Å². The summed E-state index contributed by atoms with van der Waals surface area (Å²) in [6, 6.07) is 0. The summed E-state index contributed by atoms with van der Waals surface area (Å²) in [6.45, 7) is 14.6. The molecule has 17 heavy (non-hydrogen) atoms. The van der Waals surface area contributed by atoms with Gasteiger partial charge in [-0.15, -0.1) is 0 Å². The summed E-state index contributed by atoms with van der Waals surface area (Å²) in [4.78, 5) is 2.38. The van der Waals surface area contributed by atoms with Crippen LogP contribution in [0.25, 0.3) is 0 Å². The predicted octanol–water partition coefficient (Wildman–Crippen LogP) is 4.00. The third kappa shape index (κ3) is 6.52. The van der Waals surface area contributed by atoms with Crippen LogP contribution in [0.15, 0.2) is 23.5 Å². The number of likely N-dealkylation sites (N-methyl/N-ethyl adjacent to an activating group) is 1. The Morgan fingerprint density at radius 1 is 1.24 bits per heavy atom. The topological polar surface area (TPSA) is 12.5 Å². The van der Waals surface area contributed by atoms with E-state index in [1.165, 1.54) is 5.57 Å². The lowest BCUT2D eigenvalue weighted by Gasteiger charge is -2.19. The highest BCUT2D eigenvalue weighted by atomic mass is 16.5. The Bertz CT molecular complexity index is 239. The third-order valence-electron chi connectivity index (χ3n) is 2.94. The number of ether oxygens (including phenoxy) is 1. The smallest absolute Gasteiger partial charge is 0.117 e. The van der Waals surface area contributed by atoms with Crippen molar-refractivity contribution in [2.45, 2.75) is 47.5 Å². The molecule has 0 heterocycles. The van der Waals surface area contributed by atoms with Crippen molar-refractivity contribution in [2.24, 2.45) is 0 Å². The zero-order valence-corrected chi connectivity index (χ0v) is 12.3. The van der Waals surface area contributed by atoms with Gasteiger partial charge in [0, 0.05) is 6.54 Å². The molecule has 0 fully saturated rings. The minimum Gasteiger partial charge on any atom is -0.492 e. The molecule has 0 bridgehead atoms. The van der Waals surface area contributed by atoms with E-state index in [0.717, 1.165) is 44.8 Å². The maximum atomic E-state index is 5.78. The van der Waals surface area contributed by atoms with Crippen molar-refractivity contribution in [2.75, 3.05) is 26.2 Å². The quantitative estimate of drug-likeness (QED) is 0.695. The van der Waals surface area contributed by atoms with E-state index in [9.17, 15) is 0 Å². The van der Waals surface area contributed by atoms with Gasteiger partial charge in [-0.25, -0.2) is 0 Å². The Kier molecular flexibility index (Phi) is 9.93. The van der Waals surface area contributed by atoms with Crippen LogP contribution in [0.4, 0.5) is 0 Å². The number of nitrogens with zero attached hydrogens (tertiary/aromatic N) is 1. The second-order valence-corrected chi connectivity index (χ2v) is 3.96. The SMILES string of the molecule is CC.CCN(CC)CCOC1=C(C)CCC=C1. The highest BCUT2D eigenvalue weighted by molar-refractivity contribution is 5.22. The van der Waals surface area contributed by atoms with E-state index < -0.39 is 0 Å². The van der Waals surface area contributed by atoms with Crippen molar-refractivity contribution in [3.05, 3.63) is 23.5 Å². The summed E-state index contributed by atoms with van der Waals surface area (Å²) in [5, 5.41) is 0. The standard InChI is InChI=1S/C13H23NO.C2H6/c1-4-14(5-2)10-11-15-13-9-7-6-8-12(13)3;1-2/h7,9H,4-6,8,10-11H2,1-3H3;1-2H3. The van der Waals surface area contributed by atoms with Crippen molar-refractivity contribution < 1.29 is 4.74 Å². The molecule has 0 aliphatic heterocycles. The normalized spacial score (nSPS) is 14.7. The number of hydrogen-bond donors (Lipinski definition) is 0. The van der Waals surface area contributed by atoms with Gasteiger partial charge in [-0.1, -0.05) is 33.8 Å². The van der Waals surface area contributed by atoms with E-state index in [1.807, 2.05) is 13.8 Å². The molecule has 1 aliphatic rings. The Balaban J connectivity index is 0.00000121. The molecule has 0 amide bonds. The lowest BCUT2D eigenvalue weighted by atomic mass is 10.1. The Hall–Kier alpha value is -0.760.